The van der Waals surface area contributed by atoms with E-state index in [-0.39, 0.29) is 28.9 Å². The number of nitrogens with zero attached hydrogens (tertiary/aromatic N) is 1. The van der Waals surface area contributed by atoms with Gasteiger partial charge in [0.15, 0.2) is 9.84 Å². The average molecular weight is 573 g/mol. The van der Waals surface area contributed by atoms with Gasteiger partial charge in [-0.25, -0.2) is 13.4 Å². The molecule has 3 aromatic carbocycles. The molecule has 0 radical (unpaired) electrons. The van der Waals surface area contributed by atoms with Crippen LogP contribution in [0.4, 0.5) is 8.78 Å². The van der Waals surface area contributed by atoms with Gasteiger partial charge in [-0.3, -0.25) is 4.79 Å². The summed E-state index contributed by atoms with van der Waals surface area (Å²) in [5.41, 5.74) is 3.45. The number of benzene rings is 3. The average Bonchev–Trinajstić information content (AvgIpc) is 3.41. The number of carbonyl (C=O) groups excluding carboxylic acids is 1. The molecule has 0 aliphatic rings. The number of carbonyl (C=O) groups is 1. The summed E-state index contributed by atoms with van der Waals surface area (Å²) in [7, 11) is -3.34. The highest BCUT2D eigenvalue weighted by molar-refractivity contribution is 7.91. The van der Waals surface area contributed by atoms with Gasteiger partial charge in [0.1, 0.15) is 5.75 Å². The van der Waals surface area contributed by atoms with Crippen molar-refractivity contribution in [2.45, 2.75) is 30.9 Å². The van der Waals surface area contributed by atoms with E-state index < -0.39 is 22.5 Å². The summed E-state index contributed by atoms with van der Waals surface area (Å²) < 4.78 is 53.0. The van der Waals surface area contributed by atoms with Gasteiger partial charge < -0.3 is 15.2 Å². The second kappa shape index (κ2) is 12.5. The number of halogens is 2. The van der Waals surface area contributed by atoms with Crippen LogP contribution < -0.4 is 10.1 Å². The quantitative estimate of drug-likeness (QED) is 0.254. The van der Waals surface area contributed by atoms with Crippen LogP contribution in [-0.2, 0) is 16.3 Å². The molecule has 1 atom stereocenters. The molecule has 0 unspecified atom stereocenters. The highest BCUT2D eigenvalue weighted by Crippen LogP contribution is 2.25. The van der Waals surface area contributed by atoms with Gasteiger partial charge in [-0.05, 0) is 47.5 Å². The molecule has 204 valence electrons. The van der Waals surface area contributed by atoms with Crippen molar-refractivity contribution < 1.29 is 31.8 Å². The van der Waals surface area contributed by atoms with Crippen molar-refractivity contribution in [2.24, 2.45) is 0 Å². The normalized spacial score (nSPS) is 12.3. The van der Waals surface area contributed by atoms with E-state index in [0.29, 0.717) is 17.5 Å². The van der Waals surface area contributed by atoms with Crippen LogP contribution in [0.25, 0.3) is 11.3 Å². The fourth-order valence-electron chi connectivity index (χ4n) is 3.83. The van der Waals surface area contributed by atoms with Crippen molar-refractivity contribution in [1.29, 1.82) is 0 Å². The van der Waals surface area contributed by atoms with Crippen LogP contribution in [0.1, 0.15) is 39.5 Å². The van der Waals surface area contributed by atoms with E-state index in [4.69, 9.17) is 0 Å². The molecule has 0 saturated heterocycles. The van der Waals surface area contributed by atoms with Gasteiger partial charge >= 0.3 is 6.61 Å². The minimum absolute atomic E-state index is 0.0140. The first-order valence-corrected chi connectivity index (χ1v) is 14.5. The van der Waals surface area contributed by atoms with Gasteiger partial charge in [-0.1, -0.05) is 43.3 Å². The third-order valence-electron chi connectivity index (χ3n) is 6.01. The molecule has 39 heavy (non-hydrogen) atoms. The van der Waals surface area contributed by atoms with Crippen molar-refractivity contribution in [2.75, 3.05) is 12.4 Å². The molecule has 7 nitrogen and oxygen atoms in total. The number of nitrogens with one attached hydrogen (secondary N) is 1. The standard InChI is InChI=1S/C28H26F2N2O5S2/c1-2-39(35,36)23-13-9-19(10-14-23)24(16-33)32-27(34)21-7-5-20(6-8-21)25-17-38-26(31-25)15-18-3-11-22(12-4-18)37-28(29)30/h3-14,17,24,28,33H,2,15-16H2,1H3,(H,32,34)/t24-/m0/s1. The van der Waals surface area contributed by atoms with Crippen LogP contribution in [0.2, 0.25) is 0 Å². The molecule has 0 aliphatic carbocycles. The predicted octanol–water partition coefficient (Wildman–Crippen LogP) is 5.26. The lowest BCUT2D eigenvalue weighted by molar-refractivity contribution is -0.0498. The zero-order valence-electron chi connectivity index (χ0n) is 20.9. The van der Waals surface area contributed by atoms with Crippen LogP contribution in [-0.4, -0.2) is 43.4 Å². The number of thiazole rings is 1. The maximum atomic E-state index is 12.8. The second-order valence-electron chi connectivity index (χ2n) is 8.58. The van der Waals surface area contributed by atoms with E-state index in [9.17, 15) is 27.1 Å². The van der Waals surface area contributed by atoms with Gasteiger partial charge in [0, 0.05) is 22.9 Å². The Balaban J connectivity index is 1.39. The van der Waals surface area contributed by atoms with E-state index >= 15 is 0 Å². The zero-order chi connectivity index (χ0) is 28.0. The third-order valence-corrected chi connectivity index (χ3v) is 8.61. The van der Waals surface area contributed by atoms with Crippen molar-refractivity contribution in [3.8, 4) is 17.0 Å². The number of ether oxygens (including phenoxy) is 1. The molecule has 11 heteroatoms. The molecule has 2 N–H and O–H groups in total. The van der Waals surface area contributed by atoms with E-state index in [1.807, 2.05) is 5.38 Å². The zero-order valence-corrected chi connectivity index (χ0v) is 22.5. The lowest BCUT2D eigenvalue weighted by atomic mass is 10.1. The molecular weight excluding hydrogens is 546 g/mol. The van der Waals surface area contributed by atoms with Crippen LogP contribution >= 0.6 is 11.3 Å². The summed E-state index contributed by atoms with van der Waals surface area (Å²) in [4.78, 5) is 17.6. The van der Waals surface area contributed by atoms with Gasteiger partial charge in [0.25, 0.3) is 5.91 Å². The van der Waals surface area contributed by atoms with Gasteiger partial charge in [-0.2, -0.15) is 8.78 Å². The van der Waals surface area contributed by atoms with Crippen molar-refractivity contribution in [3.63, 3.8) is 0 Å². The minimum Gasteiger partial charge on any atom is -0.435 e. The number of aliphatic hydroxyl groups is 1. The maximum absolute atomic E-state index is 12.8. The summed E-state index contributed by atoms with van der Waals surface area (Å²) >= 11 is 1.47. The van der Waals surface area contributed by atoms with Gasteiger partial charge in [0.05, 0.1) is 34.0 Å². The fourth-order valence-corrected chi connectivity index (χ4v) is 5.55. The molecule has 1 amide bonds. The molecule has 4 rings (SSSR count). The number of hydrogen-bond donors (Lipinski definition) is 2. The highest BCUT2D eigenvalue weighted by atomic mass is 32.2. The van der Waals surface area contributed by atoms with E-state index in [1.165, 1.54) is 35.6 Å². The molecule has 0 aliphatic heterocycles. The third kappa shape index (κ3) is 7.25. The summed E-state index contributed by atoms with van der Waals surface area (Å²) in [6.07, 6.45) is 0.536. The Morgan fingerprint density at radius 3 is 2.28 bits per heavy atom. The first-order valence-electron chi connectivity index (χ1n) is 12.0. The van der Waals surface area contributed by atoms with Gasteiger partial charge in [-0.15, -0.1) is 11.3 Å². The number of hydrogen-bond acceptors (Lipinski definition) is 7. The number of sulfone groups is 1. The van der Waals surface area contributed by atoms with Gasteiger partial charge in [0.2, 0.25) is 0 Å². The lowest BCUT2D eigenvalue weighted by Gasteiger charge is -2.17. The highest BCUT2D eigenvalue weighted by Gasteiger charge is 2.17. The minimum atomic E-state index is -3.34. The van der Waals surface area contributed by atoms with Crippen LogP contribution in [0.5, 0.6) is 5.75 Å². The predicted molar refractivity (Wildman–Crippen MR) is 145 cm³/mol. The number of rotatable bonds is 11. The summed E-state index contributed by atoms with van der Waals surface area (Å²) in [5, 5.41) is 15.3. The number of aliphatic hydroxyl groups excluding tert-OH is 1. The van der Waals surface area contributed by atoms with Crippen molar-refractivity contribution >= 4 is 27.1 Å². The summed E-state index contributed by atoms with van der Waals surface area (Å²) in [5.74, 6) is -0.299. The first-order chi connectivity index (χ1) is 18.7. The summed E-state index contributed by atoms with van der Waals surface area (Å²) in [6.45, 7) is -1.65. The molecule has 0 bridgehead atoms. The van der Waals surface area contributed by atoms with Crippen LogP contribution in [0, 0.1) is 0 Å². The Bertz CT molecular complexity index is 1510. The van der Waals surface area contributed by atoms with E-state index in [0.717, 1.165) is 21.8 Å². The molecule has 4 aromatic rings. The first kappa shape index (κ1) is 28.3. The smallest absolute Gasteiger partial charge is 0.387 e. The monoisotopic (exact) mass is 572 g/mol. The molecule has 0 saturated carbocycles. The Hall–Kier alpha value is -3.67. The maximum Gasteiger partial charge on any atom is 0.387 e. The number of alkyl halides is 2. The van der Waals surface area contributed by atoms with Crippen molar-refractivity contribution in [3.05, 3.63) is 99.9 Å². The van der Waals surface area contributed by atoms with Crippen LogP contribution in [0.15, 0.2) is 83.1 Å². The molecule has 1 heterocycles. The van der Waals surface area contributed by atoms with E-state index in [2.05, 4.69) is 15.0 Å². The molecule has 0 fully saturated rings. The largest absolute Gasteiger partial charge is 0.435 e. The summed E-state index contributed by atoms with van der Waals surface area (Å²) in [6, 6.07) is 18.7. The Labute approximate surface area is 229 Å². The molecule has 0 spiro atoms. The Morgan fingerprint density at radius 2 is 1.69 bits per heavy atom. The number of aromatic nitrogens is 1. The molecule has 1 aromatic heterocycles. The number of amides is 1. The van der Waals surface area contributed by atoms with Crippen molar-refractivity contribution in [1.82, 2.24) is 10.3 Å². The Kier molecular flexibility index (Phi) is 9.05. The Morgan fingerprint density at radius 1 is 1.03 bits per heavy atom. The topological polar surface area (TPSA) is 106 Å². The van der Waals surface area contributed by atoms with E-state index in [1.54, 1.807) is 55.5 Å². The lowest BCUT2D eigenvalue weighted by Crippen LogP contribution is -2.30. The SMILES string of the molecule is CCS(=O)(=O)c1ccc([C@H](CO)NC(=O)c2ccc(-c3csc(Cc4ccc(OC(F)F)cc4)n3)cc2)cc1. The van der Waals surface area contributed by atoms with Crippen LogP contribution in [0.3, 0.4) is 0 Å². The molecular formula is C28H26F2N2O5S2. The fraction of sp³-hybridized carbons (Fsp3) is 0.214. The second-order valence-corrected chi connectivity index (χ2v) is 11.8.